The van der Waals surface area contributed by atoms with E-state index in [1.807, 2.05) is 0 Å². The lowest BCUT2D eigenvalue weighted by atomic mass is 10.1. The van der Waals surface area contributed by atoms with Crippen LogP contribution in [-0.2, 0) is 19.1 Å². The van der Waals surface area contributed by atoms with Crippen LogP contribution in [0.2, 0.25) is 0 Å². The van der Waals surface area contributed by atoms with Gasteiger partial charge in [0.05, 0.1) is 12.7 Å². The van der Waals surface area contributed by atoms with Gasteiger partial charge in [-0.25, -0.2) is 4.79 Å². The largest absolute Gasteiger partial charge is 0.466 e. The molecule has 0 bridgehead atoms. The molecule has 0 rings (SSSR count). The zero-order chi connectivity index (χ0) is 14.7. The third kappa shape index (κ3) is 8.04. The van der Waals surface area contributed by atoms with Crippen molar-refractivity contribution in [1.82, 2.24) is 0 Å². The lowest BCUT2D eigenvalue weighted by Gasteiger charge is -2.11. The first-order valence-electron chi connectivity index (χ1n) is 6.45. The molecule has 0 aliphatic carbocycles. The van der Waals surface area contributed by atoms with Crippen LogP contribution >= 0.6 is 0 Å². The molecule has 19 heavy (non-hydrogen) atoms. The van der Waals surface area contributed by atoms with E-state index in [-0.39, 0.29) is 5.57 Å². The Balaban J connectivity index is 4.43. The fourth-order valence-electron chi connectivity index (χ4n) is 1.40. The Hall–Kier alpha value is -1.76. The van der Waals surface area contributed by atoms with Crippen molar-refractivity contribution in [3.63, 3.8) is 0 Å². The Morgan fingerprint density at radius 3 is 2.47 bits per heavy atom. The van der Waals surface area contributed by atoms with E-state index in [1.165, 1.54) is 26.9 Å². The third-order valence-electron chi connectivity index (χ3n) is 2.44. The third-order valence-corrected chi connectivity index (χ3v) is 2.44. The summed E-state index contributed by atoms with van der Waals surface area (Å²) in [6, 6.07) is 0. The highest BCUT2D eigenvalue weighted by molar-refractivity contribution is 5.90. The maximum Gasteiger partial charge on any atom is 0.337 e. The molecule has 0 heterocycles. The van der Waals surface area contributed by atoms with Crippen molar-refractivity contribution in [3.05, 3.63) is 12.2 Å². The number of hydrogen-bond donors (Lipinski definition) is 0. The quantitative estimate of drug-likeness (QED) is 0.307. The van der Waals surface area contributed by atoms with Crippen molar-refractivity contribution in [2.24, 2.45) is 0 Å². The molecule has 4 heteroatoms. The van der Waals surface area contributed by atoms with Gasteiger partial charge in [0, 0.05) is 13.3 Å². The van der Waals surface area contributed by atoms with E-state index in [9.17, 15) is 9.59 Å². The van der Waals surface area contributed by atoms with Crippen molar-refractivity contribution in [2.75, 3.05) is 7.11 Å². The minimum atomic E-state index is -0.920. The van der Waals surface area contributed by atoms with Gasteiger partial charge in [-0.05, 0) is 6.42 Å². The average molecular weight is 266 g/mol. The summed E-state index contributed by atoms with van der Waals surface area (Å²) >= 11 is 0. The fourth-order valence-corrected chi connectivity index (χ4v) is 1.40. The van der Waals surface area contributed by atoms with Gasteiger partial charge < -0.3 is 9.47 Å². The molecule has 0 aromatic heterocycles. The van der Waals surface area contributed by atoms with Gasteiger partial charge in [-0.1, -0.05) is 44.6 Å². The molecular weight excluding hydrogens is 244 g/mol. The van der Waals surface area contributed by atoms with Crippen molar-refractivity contribution in [2.45, 2.75) is 52.1 Å². The standard InChI is InChI=1S/C15H22O4/c1-5-6-7-8-9-10-11-14(19-13(3)16)12(2)15(17)18-4/h14H,2,5-9H2,1,3-4H3. The van der Waals surface area contributed by atoms with Crippen molar-refractivity contribution >= 4 is 11.9 Å². The summed E-state index contributed by atoms with van der Waals surface area (Å²) in [5.74, 6) is 4.54. The van der Waals surface area contributed by atoms with E-state index in [0.29, 0.717) is 6.42 Å². The Labute approximate surface area is 115 Å². The predicted octanol–water partition coefficient (Wildman–Crippen LogP) is 2.62. The van der Waals surface area contributed by atoms with Crippen LogP contribution in [0.5, 0.6) is 0 Å². The molecule has 1 unspecified atom stereocenters. The molecule has 0 aliphatic heterocycles. The molecular formula is C15H22O4. The summed E-state index contributed by atoms with van der Waals surface area (Å²) in [6.07, 6.45) is 4.27. The monoisotopic (exact) mass is 266 g/mol. The molecule has 0 radical (unpaired) electrons. The first kappa shape index (κ1) is 17.2. The number of unbranched alkanes of at least 4 members (excludes halogenated alkanes) is 4. The topological polar surface area (TPSA) is 52.6 Å². The van der Waals surface area contributed by atoms with Gasteiger partial charge in [0.1, 0.15) is 0 Å². The first-order valence-corrected chi connectivity index (χ1v) is 6.45. The van der Waals surface area contributed by atoms with Crippen LogP contribution < -0.4 is 0 Å². The summed E-state index contributed by atoms with van der Waals surface area (Å²) in [4.78, 5) is 22.3. The van der Waals surface area contributed by atoms with E-state index in [1.54, 1.807) is 0 Å². The lowest BCUT2D eigenvalue weighted by Crippen LogP contribution is -2.22. The summed E-state index contributed by atoms with van der Waals surface area (Å²) in [5, 5.41) is 0. The summed E-state index contributed by atoms with van der Waals surface area (Å²) < 4.78 is 9.49. The summed E-state index contributed by atoms with van der Waals surface area (Å²) in [7, 11) is 1.25. The molecule has 4 nitrogen and oxygen atoms in total. The molecule has 0 fully saturated rings. The van der Waals surface area contributed by atoms with E-state index < -0.39 is 18.0 Å². The zero-order valence-electron chi connectivity index (χ0n) is 12.0. The Kier molecular flexibility index (Phi) is 9.25. The van der Waals surface area contributed by atoms with Gasteiger partial charge in [0.15, 0.2) is 6.10 Å². The molecule has 0 aliphatic rings. The van der Waals surface area contributed by atoms with Crippen LogP contribution in [0.15, 0.2) is 12.2 Å². The molecule has 0 spiro atoms. The highest BCUT2D eigenvalue weighted by atomic mass is 16.6. The minimum Gasteiger partial charge on any atom is -0.466 e. The number of rotatable bonds is 7. The number of carbonyl (C=O) groups excluding carboxylic acids is 2. The second-order valence-corrected chi connectivity index (χ2v) is 4.14. The van der Waals surface area contributed by atoms with Crippen LogP contribution in [0.3, 0.4) is 0 Å². The van der Waals surface area contributed by atoms with E-state index in [0.717, 1.165) is 12.8 Å². The van der Waals surface area contributed by atoms with Crippen LogP contribution in [0.1, 0.15) is 46.0 Å². The van der Waals surface area contributed by atoms with Crippen LogP contribution in [0.25, 0.3) is 0 Å². The first-order chi connectivity index (χ1) is 9.02. The van der Waals surface area contributed by atoms with E-state index in [2.05, 4.69) is 30.1 Å². The molecule has 0 saturated heterocycles. The van der Waals surface area contributed by atoms with E-state index in [4.69, 9.17) is 4.74 Å². The Morgan fingerprint density at radius 1 is 1.26 bits per heavy atom. The maximum atomic E-state index is 11.3. The number of ether oxygens (including phenoxy) is 2. The highest BCUT2D eigenvalue weighted by Crippen LogP contribution is 2.07. The van der Waals surface area contributed by atoms with Gasteiger partial charge >= 0.3 is 11.9 Å². The molecule has 1 atom stereocenters. The van der Waals surface area contributed by atoms with Crippen LogP contribution in [-0.4, -0.2) is 25.2 Å². The second kappa shape index (κ2) is 10.2. The van der Waals surface area contributed by atoms with Gasteiger partial charge in [0.2, 0.25) is 0 Å². The number of carbonyl (C=O) groups is 2. The molecule has 0 aromatic carbocycles. The predicted molar refractivity (Wildman–Crippen MR) is 73.2 cm³/mol. The van der Waals surface area contributed by atoms with Crippen molar-refractivity contribution < 1.29 is 19.1 Å². The molecule has 106 valence electrons. The minimum absolute atomic E-state index is 0.0405. The van der Waals surface area contributed by atoms with Crippen molar-refractivity contribution in [3.8, 4) is 11.8 Å². The van der Waals surface area contributed by atoms with Gasteiger partial charge in [-0.15, -0.1) is 0 Å². The Bertz CT molecular complexity index is 373. The van der Waals surface area contributed by atoms with Gasteiger partial charge in [-0.2, -0.15) is 0 Å². The lowest BCUT2D eigenvalue weighted by molar-refractivity contribution is -0.144. The number of esters is 2. The molecule has 0 aromatic rings. The maximum absolute atomic E-state index is 11.3. The van der Waals surface area contributed by atoms with Gasteiger partial charge in [-0.3, -0.25) is 4.79 Å². The molecule has 0 saturated carbocycles. The zero-order valence-corrected chi connectivity index (χ0v) is 12.0. The van der Waals surface area contributed by atoms with E-state index >= 15 is 0 Å². The number of hydrogen-bond acceptors (Lipinski definition) is 4. The van der Waals surface area contributed by atoms with Gasteiger partial charge in [0.25, 0.3) is 0 Å². The normalized spacial score (nSPS) is 10.9. The number of methoxy groups -OCH3 is 1. The SMILES string of the molecule is C=C(C(=O)OC)C(C#CCCCCCC)OC(C)=O. The smallest absolute Gasteiger partial charge is 0.337 e. The summed E-state index contributed by atoms with van der Waals surface area (Å²) in [6.45, 7) is 6.96. The average Bonchev–Trinajstić information content (AvgIpc) is 2.39. The fraction of sp³-hybridized carbons (Fsp3) is 0.600. The Morgan fingerprint density at radius 2 is 1.95 bits per heavy atom. The molecule has 0 amide bonds. The van der Waals surface area contributed by atoms with Crippen LogP contribution in [0.4, 0.5) is 0 Å². The highest BCUT2D eigenvalue weighted by Gasteiger charge is 2.20. The van der Waals surface area contributed by atoms with Crippen LogP contribution in [0, 0.1) is 11.8 Å². The van der Waals surface area contributed by atoms with Crippen molar-refractivity contribution in [1.29, 1.82) is 0 Å². The molecule has 0 N–H and O–H groups in total. The summed E-state index contributed by atoms with van der Waals surface area (Å²) in [5.41, 5.74) is 0.0405. The second-order valence-electron chi connectivity index (χ2n) is 4.14.